The van der Waals surface area contributed by atoms with Crippen molar-refractivity contribution in [2.75, 3.05) is 0 Å². The lowest BCUT2D eigenvalue weighted by Gasteiger charge is -2.10. The van der Waals surface area contributed by atoms with E-state index in [-0.39, 0.29) is 22.6 Å². The lowest BCUT2D eigenvalue weighted by atomic mass is 10.1. The number of benzene rings is 2. The standard InChI is InChI=1S/C21H18N4O5/c1-13-20-18(12-19(27)23(13)11-10-14-2-8-17(26)9-3-14)22-24(21(20)28)15-4-6-16(7-5-15)25(29)30/h2-9,12,22,26H,10-11H2,1H3. The van der Waals surface area contributed by atoms with E-state index in [4.69, 9.17) is 0 Å². The van der Waals surface area contributed by atoms with Crippen LogP contribution in [0.3, 0.4) is 0 Å². The Morgan fingerprint density at radius 2 is 1.73 bits per heavy atom. The number of nitro groups is 1. The minimum absolute atomic E-state index is 0.0759. The molecule has 0 atom stereocenters. The van der Waals surface area contributed by atoms with E-state index in [0.29, 0.717) is 35.2 Å². The van der Waals surface area contributed by atoms with Crippen LogP contribution in [-0.2, 0) is 13.0 Å². The first-order valence-corrected chi connectivity index (χ1v) is 9.23. The lowest BCUT2D eigenvalue weighted by Crippen LogP contribution is -2.24. The van der Waals surface area contributed by atoms with Gasteiger partial charge in [-0.2, -0.15) is 0 Å². The summed E-state index contributed by atoms with van der Waals surface area (Å²) in [5.74, 6) is 0.174. The highest BCUT2D eigenvalue weighted by Crippen LogP contribution is 2.17. The molecule has 9 nitrogen and oxygen atoms in total. The highest BCUT2D eigenvalue weighted by atomic mass is 16.6. The summed E-state index contributed by atoms with van der Waals surface area (Å²) in [7, 11) is 0. The average molecular weight is 406 g/mol. The molecule has 4 rings (SSSR count). The van der Waals surface area contributed by atoms with Gasteiger partial charge in [-0.05, 0) is 43.2 Å². The van der Waals surface area contributed by atoms with Crippen molar-refractivity contribution in [2.24, 2.45) is 0 Å². The number of aryl methyl sites for hydroxylation is 2. The van der Waals surface area contributed by atoms with Gasteiger partial charge in [0.1, 0.15) is 5.75 Å². The minimum Gasteiger partial charge on any atom is -0.508 e. The number of aromatic nitrogens is 3. The molecule has 4 aromatic rings. The number of nitrogens with one attached hydrogen (secondary N) is 1. The lowest BCUT2D eigenvalue weighted by molar-refractivity contribution is -0.384. The third-order valence-corrected chi connectivity index (χ3v) is 5.10. The molecule has 9 heteroatoms. The predicted octanol–water partition coefficient (Wildman–Crippen LogP) is 2.65. The highest BCUT2D eigenvalue weighted by Gasteiger charge is 2.16. The van der Waals surface area contributed by atoms with E-state index < -0.39 is 4.92 Å². The van der Waals surface area contributed by atoms with Crippen LogP contribution in [0.4, 0.5) is 5.69 Å². The van der Waals surface area contributed by atoms with Crippen molar-refractivity contribution in [3.8, 4) is 11.4 Å². The Hall–Kier alpha value is -4.14. The summed E-state index contributed by atoms with van der Waals surface area (Å²) in [6.45, 7) is 2.10. The van der Waals surface area contributed by atoms with Crippen molar-refractivity contribution in [3.05, 3.63) is 96.7 Å². The molecule has 0 radical (unpaired) electrons. The summed E-state index contributed by atoms with van der Waals surface area (Å²) in [4.78, 5) is 35.9. The van der Waals surface area contributed by atoms with Crippen LogP contribution in [0.5, 0.6) is 5.75 Å². The summed E-state index contributed by atoms with van der Waals surface area (Å²) in [5.41, 5.74) is 1.68. The molecule has 0 fully saturated rings. The molecule has 0 amide bonds. The maximum Gasteiger partial charge on any atom is 0.280 e. The minimum atomic E-state index is -0.511. The van der Waals surface area contributed by atoms with Crippen LogP contribution >= 0.6 is 0 Å². The average Bonchev–Trinajstić information content (AvgIpc) is 3.05. The molecular formula is C21H18N4O5. The van der Waals surface area contributed by atoms with Gasteiger partial charge in [0.2, 0.25) is 0 Å². The summed E-state index contributed by atoms with van der Waals surface area (Å²) in [6, 6.07) is 13.7. The molecule has 0 unspecified atom stereocenters. The van der Waals surface area contributed by atoms with Gasteiger partial charge in [-0.15, -0.1) is 0 Å². The molecule has 2 heterocycles. The Morgan fingerprint density at radius 3 is 2.37 bits per heavy atom. The van der Waals surface area contributed by atoms with Crippen LogP contribution in [0, 0.1) is 17.0 Å². The van der Waals surface area contributed by atoms with Gasteiger partial charge in [-0.1, -0.05) is 12.1 Å². The van der Waals surface area contributed by atoms with Gasteiger partial charge in [-0.25, -0.2) is 4.68 Å². The number of hydrogen-bond donors (Lipinski definition) is 2. The van der Waals surface area contributed by atoms with Gasteiger partial charge >= 0.3 is 0 Å². The highest BCUT2D eigenvalue weighted by molar-refractivity contribution is 5.80. The first kappa shape index (κ1) is 19.2. The molecule has 0 saturated heterocycles. The Bertz CT molecular complexity index is 1360. The second-order valence-electron chi connectivity index (χ2n) is 6.95. The van der Waals surface area contributed by atoms with Crippen LogP contribution in [-0.4, -0.2) is 24.4 Å². The quantitative estimate of drug-likeness (QED) is 0.390. The number of nitro benzene ring substituents is 1. The molecule has 0 bridgehead atoms. The normalized spacial score (nSPS) is 11.1. The van der Waals surface area contributed by atoms with Crippen molar-refractivity contribution in [3.63, 3.8) is 0 Å². The second-order valence-corrected chi connectivity index (χ2v) is 6.95. The maximum absolute atomic E-state index is 13.0. The molecule has 2 aromatic carbocycles. The number of hydrogen-bond acceptors (Lipinski definition) is 5. The Balaban J connectivity index is 1.73. The third-order valence-electron chi connectivity index (χ3n) is 5.10. The maximum atomic E-state index is 13.0. The van der Waals surface area contributed by atoms with E-state index in [0.717, 1.165) is 5.56 Å². The number of non-ortho nitro benzene ring substituents is 1. The van der Waals surface area contributed by atoms with E-state index in [1.54, 1.807) is 35.8 Å². The molecule has 2 aromatic heterocycles. The first-order chi connectivity index (χ1) is 14.3. The molecule has 0 aliphatic rings. The number of nitrogens with zero attached hydrogens (tertiary/aromatic N) is 3. The molecule has 30 heavy (non-hydrogen) atoms. The fraction of sp³-hybridized carbons (Fsp3) is 0.143. The Labute approximate surface area is 169 Å². The van der Waals surface area contributed by atoms with Crippen molar-refractivity contribution in [2.45, 2.75) is 19.9 Å². The van der Waals surface area contributed by atoms with Crippen LogP contribution in [0.1, 0.15) is 11.3 Å². The molecular weight excluding hydrogens is 388 g/mol. The zero-order valence-electron chi connectivity index (χ0n) is 16.0. The summed E-state index contributed by atoms with van der Waals surface area (Å²) < 4.78 is 2.82. The predicted molar refractivity (Wildman–Crippen MR) is 111 cm³/mol. The zero-order chi connectivity index (χ0) is 21.4. The number of rotatable bonds is 5. The molecule has 0 aliphatic heterocycles. The largest absolute Gasteiger partial charge is 0.508 e. The third kappa shape index (κ3) is 3.37. The van der Waals surface area contributed by atoms with Gasteiger partial charge in [0.05, 0.1) is 21.5 Å². The monoisotopic (exact) mass is 406 g/mol. The number of phenols is 1. The smallest absolute Gasteiger partial charge is 0.280 e. The van der Waals surface area contributed by atoms with Crippen molar-refractivity contribution in [1.82, 2.24) is 14.3 Å². The summed E-state index contributed by atoms with van der Waals surface area (Å²) in [6.07, 6.45) is 0.563. The van der Waals surface area contributed by atoms with Crippen LogP contribution in [0.25, 0.3) is 16.6 Å². The molecule has 0 spiro atoms. The van der Waals surface area contributed by atoms with E-state index in [1.165, 1.54) is 35.0 Å². The van der Waals surface area contributed by atoms with Crippen LogP contribution in [0.15, 0.2) is 64.2 Å². The number of pyridine rings is 1. The molecule has 2 N–H and O–H groups in total. The van der Waals surface area contributed by atoms with Gasteiger partial charge in [0, 0.05) is 30.4 Å². The van der Waals surface area contributed by atoms with E-state index in [9.17, 15) is 24.8 Å². The van der Waals surface area contributed by atoms with Crippen molar-refractivity contribution >= 4 is 16.6 Å². The van der Waals surface area contributed by atoms with E-state index in [1.807, 2.05) is 0 Å². The number of H-pyrrole nitrogens is 1. The van der Waals surface area contributed by atoms with Crippen molar-refractivity contribution < 1.29 is 10.0 Å². The SMILES string of the molecule is Cc1c2c(=O)n(-c3ccc([N+](=O)[O-])cc3)[nH]c2cc(=O)n1CCc1ccc(O)cc1. The fourth-order valence-electron chi connectivity index (χ4n) is 3.50. The Morgan fingerprint density at radius 1 is 1.07 bits per heavy atom. The zero-order valence-corrected chi connectivity index (χ0v) is 16.0. The fourth-order valence-corrected chi connectivity index (χ4v) is 3.50. The van der Waals surface area contributed by atoms with Crippen molar-refractivity contribution in [1.29, 1.82) is 0 Å². The van der Waals surface area contributed by atoms with Gasteiger partial charge in [-0.3, -0.25) is 24.8 Å². The topological polar surface area (TPSA) is 123 Å². The van der Waals surface area contributed by atoms with Gasteiger partial charge < -0.3 is 9.67 Å². The molecule has 0 saturated carbocycles. The number of fused-ring (bicyclic) bond motifs is 1. The van der Waals surface area contributed by atoms with Gasteiger partial charge in [0.15, 0.2) is 0 Å². The second kappa shape index (κ2) is 7.36. The van der Waals surface area contributed by atoms with E-state index >= 15 is 0 Å². The van der Waals surface area contributed by atoms with Crippen LogP contribution in [0.2, 0.25) is 0 Å². The van der Waals surface area contributed by atoms with E-state index in [2.05, 4.69) is 5.10 Å². The molecule has 152 valence electrons. The summed E-state index contributed by atoms with van der Waals surface area (Å²) in [5, 5.41) is 23.5. The number of aromatic hydroxyl groups is 1. The van der Waals surface area contributed by atoms with Crippen LogP contribution < -0.4 is 11.1 Å². The first-order valence-electron chi connectivity index (χ1n) is 9.23. The summed E-state index contributed by atoms with van der Waals surface area (Å²) >= 11 is 0. The Kier molecular flexibility index (Phi) is 4.71. The number of aromatic amines is 1. The molecule has 0 aliphatic carbocycles. The van der Waals surface area contributed by atoms with Gasteiger partial charge in [0.25, 0.3) is 16.8 Å². The number of phenolic OH excluding ortho intramolecular Hbond substituents is 1.